The van der Waals surface area contributed by atoms with Crippen molar-refractivity contribution in [1.82, 2.24) is 4.98 Å². The molecule has 1 aromatic heterocycles. The third-order valence-electron chi connectivity index (χ3n) is 4.39. The van der Waals surface area contributed by atoms with Crippen molar-refractivity contribution in [2.75, 3.05) is 0 Å². The summed E-state index contributed by atoms with van der Waals surface area (Å²) >= 11 is 0.956. The fraction of sp³-hybridized carbons (Fsp3) is 0.500. The van der Waals surface area contributed by atoms with Gasteiger partial charge in [0.1, 0.15) is 20.6 Å². The van der Waals surface area contributed by atoms with Crippen LogP contribution >= 0.6 is 11.3 Å². The number of hydrogen-bond donors (Lipinski definition) is 2. The SMILES string of the molecule is CC(C)c1cc(F)cc(C(C)C)c1CC(=O)N=S(N)(=O)c1cnc(C(C)(C)O)s1. The third-order valence-corrected chi connectivity index (χ3v) is 7.62. The minimum absolute atomic E-state index is 0.00377. The van der Waals surface area contributed by atoms with Gasteiger partial charge in [0.15, 0.2) is 9.92 Å². The zero-order valence-corrected chi connectivity index (χ0v) is 19.2. The molecule has 1 aromatic carbocycles. The van der Waals surface area contributed by atoms with Gasteiger partial charge in [-0.1, -0.05) is 27.7 Å². The molecule has 0 aliphatic carbocycles. The molecule has 3 N–H and O–H groups in total. The van der Waals surface area contributed by atoms with Crippen LogP contribution in [0.3, 0.4) is 0 Å². The number of aliphatic hydroxyl groups is 1. The van der Waals surface area contributed by atoms with E-state index < -0.39 is 21.4 Å². The second-order valence-corrected chi connectivity index (χ2v) is 11.2. The Hall–Kier alpha value is -1.68. The minimum atomic E-state index is -3.50. The first-order chi connectivity index (χ1) is 13.2. The van der Waals surface area contributed by atoms with Crippen molar-refractivity contribution in [1.29, 1.82) is 0 Å². The number of benzene rings is 1. The molecule has 0 spiro atoms. The number of amides is 1. The molecule has 1 amide bonds. The van der Waals surface area contributed by atoms with Crippen LogP contribution in [0.4, 0.5) is 4.39 Å². The first-order valence-corrected chi connectivity index (χ1v) is 11.7. The lowest BCUT2D eigenvalue weighted by Gasteiger charge is -2.19. The Morgan fingerprint density at radius 3 is 2.21 bits per heavy atom. The largest absolute Gasteiger partial charge is 0.383 e. The Morgan fingerprint density at radius 2 is 1.79 bits per heavy atom. The van der Waals surface area contributed by atoms with Crippen LogP contribution in [0, 0.1) is 5.82 Å². The molecule has 2 rings (SSSR count). The average molecular weight is 442 g/mol. The number of thiazole rings is 1. The predicted molar refractivity (Wildman–Crippen MR) is 114 cm³/mol. The van der Waals surface area contributed by atoms with Gasteiger partial charge in [0.25, 0.3) is 5.91 Å². The van der Waals surface area contributed by atoms with E-state index in [2.05, 4.69) is 9.35 Å². The summed E-state index contributed by atoms with van der Waals surface area (Å²) < 4.78 is 30.8. The number of nitrogens with two attached hydrogens (primary N) is 1. The summed E-state index contributed by atoms with van der Waals surface area (Å²) in [6.45, 7) is 10.8. The lowest BCUT2D eigenvalue weighted by atomic mass is 9.87. The highest BCUT2D eigenvalue weighted by Gasteiger charge is 2.24. The summed E-state index contributed by atoms with van der Waals surface area (Å²) in [5.74, 6) is -0.990. The summed E-state index contributed by atoms with van der Waals surface area (Å²) in [6.07, 6.45) is 1.15. The van der Waals surface area contributed by atoms with Crippen molar-refractivity contribution >= 4 is 27.2 Å². The lowest BCUT2D eigenvalue weighted by Crippen LogP contribution is -2.16. The van der Waals surface area contributed by atoms with Crippen molar-refractivity contribution in [3.63, 3.8) is 0 Å². The van der Waals surface area contributed by atoms with Crippen LogP contribution in [0.2, 0.25) is 0 Å². The van der Waals surface area contributed by atoms with Gasteiger partial charge in [-0.05, 0) is 54.5 Å². The van der Waals surface area contributed by atoms with Gasteiger partial charge in [0.05, 0.1) is 12.6 Å². The number of halogens is 1. The van der Waals surface area contributed by atoms with E-state index in [1.807, 2.05) is 27.7 Å². The van der Waals surface area contributed by atoms with Crippen LogP contribution in [0.15, 0.2) is 26.9 Å². The molecule has 0 aliphatic rings. The fourth-order valence-electron chi connectivity index (χ4n) is 2.97. The monoisotopic (exact) mass is 441 g/mol. The molecule has 9 heteroatoms. The number of nitrogens with zero attached hydrogens (tertiary/aromatic N) is 2. The van der Waals surface area contributed by atoms with Crippen molar-refractivity contribution in [3.05, 3.63) is 45.8 Å². The maximum absolute atomic E-state index is 14.1. The molecule has 6 nitrogen and oxygen atoms in total. The molecule has 1 unspecified atom stereocenters. The van der Waals surface area contributed by atoms with Gasteiger partial charge in [-0.3, -0.25) is 4.79 Å². The van der Waals surface area contributed by atoms with Gasteiger partial charge in [0, 0.05) is 0 Å². The van der Waals surface area contributed by atoms with Crippen LogP contribution in [-0.4, -0.2) is 20.2 Å². The molecule has 160 valence electrons. The van der Waals surface area contributed by atoms with E-state index >= 15 is 0 Å². The second-order valence-electron chi connectivity index (χ2n) is 8.15. The zero-order chi connectivity index (χ0) is 22.1. The standard InChI is InChI=1S/C20H28FN3O3S2/c1-11(2)14-7-13(21)8-15(12(3)4)16(14)9-17(25)24-29(22,27)18-10-23-19(28-18)20(5,6)26/h7-8,10-12,26H,9H2,1-6H3,(H2,22,24,25,27). The number of aromatic nitrogens is 1. The highest BCUT2D eigenvalue weighted by atomic mass is 32.2. The third kappa shape index (κ3) is 5.69. The summed E-state index contributed by atoms with van der Waals surface area (Å²) in [5, 5.41) is 16.2. The van der Waals surface area contributed by atoms with E-state index in [0.29, 0.717) is 10.6 Å². The highest BCUT2D eigenvalue weighted by molar-refractivity contribution is 7.93. The zero-order valence-electron chi connectivity index (χ0n) is 17.5. The summed E-state index contributed by atoms with van der Waals surface area (Å²) in [5.41, 5.74) is 0.933. The molecule has 1 atom stereocenters. The molecule has 0 saturated heterocycles. The topological polar surface area (TPSA) is 106 Å². The minimum Gasteiger partial charge on any atom is -0.383 e. The van der Waals surface area contributed by atoms with Gasteiger partial charge in [0.2, 0.25) is 0 Å². The van der Waals surface area contributed by atoms with Crippen LogP contribution < -0.4 is 5.14 Å². The first-order valence-electron chi connectivity index (χ1n) is 9.31. The summed E-state index contributed by atoms with van der Waals surface area (Å²) in [4.78, 5) is 16.7. The molecule has 1 heterocycles. The molecule has 2 aromatic rings. The van der Waals surface area contributed by atoms with Gasteiger partial charge in [-0.2, -0.15) is 0 Å². The Balaban J connectivity index is 2.44. The molecule has 0 saturated carbocycles. The number of rotatable bonds is 6. The molecular weight excluding hydrogens is 413 g/mol. The van der Waals surface area contributed by atoms with Crippen LogP contribution in [0.1, 0.15) is 75.1 Å². The molecule has 0 bridgehead atoms. The van der Waals surface area contributed by atoms with Crippen molar-refractivity contribution in [2.24, 2.45) is 9.50 Å². The normalized spacial score (nSPS) is 14.3. The van der Waals surface area contributed by atoms with Crippen LogP contribution in [0.25, 0.3) is 0 Å². The quantitative estimate of drug-likeness (QED) is 0.700. The van der Waals surface area contributed by atoms with Gasteiger partial charge >= 0.3 is 0 Å². The molecule has 0 fully saturated rings. The van der Waals surface area contributed by atoms with E-state index in [9.17, 15) is 18.5 Å². The van der Waals surface area contributed by atoms with Gasteiger partial charge in [-0.15, -0.1) is 15.7 Å². The van der Waals surface area contributed by atoms with Crippen molar-refractivity contribution < 1.29 is 18.5 Å². The second kappa shape index (κ2) is 8.59. The molecule has 0 aliphatic heterocycles. The molecule has 29 heavy (non-hydrogen) atoms. The maximum Gasteiger partial charge on any atom is 0.259 e. The van der Waals surface area contributed by atoms with E-state index in [1.165, 1.54) is 18.3 Å². The fourth-order valence-corrected chi connectivity index (χ4v) is 5.11. The molecular formula is C20H28FN3O3S2. The number of carbonyl (C=O) groups excluding carboxylic acids is 1. The maximum atomic E-state index is 14.1. The Kier molecular flexibility index (Phi) is 6.99. The van der Waals surface area contributed by atoms with Crippen molar-refractivity contribution in [3.8, 4) is 0 Å². The predicted octanol–water partition coefficient (Wildman–Crippen LogP) is 4.23. The van der Waals surface area contributed by atoms with Crippen molar-refractivity contribution in [2.45, 2.75) is 69.6 Å². The van der Waals surface area contributed by atoms with Gasteiger partial charge in [-0.25, -0.2) is 18.7 Å². The van der Waals surface area contributed by atoms with E-state index in [-0.39, 0.29) is 28.3 Å². The Morgan fingerprint density at radius 1 is 1.28 bits per heavy atom. The lowest BCUT2D eigenvalue weighted by molar-refractivity contribution is -0.117. The van der Waals surface area contributed by atoms with E-state index in [1.54, 1.807) is 13.8 Å². The molecule has 0 radical (unpaired) electrons. The Bertz CT molecular complexity index is 1000. The highest BCUT2D eigenvalue weighted by Crippen LogP contribution is 2.31. The van der Waals surface area contributed by atoms with Gasteiger partial charge < -0.3 is 5.11 Å². The Labute approximate surface area is 175 Å². The number of carbonyl (C=O) groups is 1. The van der Waals surface area contributed by atoms with E-state index in [0.717, 1.165) is 22.5 Å². The number of hydrogen-bond acceptors (Lipinski definition) is 5. The smallest absolute Gasteiger partial charge is 0.259 e. The average Bonchev–Trinajstić information content (AvgIpc) is 3.06. The summed E-state index contributed by atoms with van der Waals surface area (Å²) in [6, 6.07) is 2.86. The van der Waals surface area contributed by atoms with Crippen LogP contribution in [-0.2, 0) is 26.7 Å². The summed E-state index contributed by atoms with van der Waals surface area (Å²) in [7, 11) is -3.50. The van der Waals surface area contributed by atoms with E-state index in [4.69, 9.17) is 5.14 Å². The first kappa shape index (κ1) is 23.6. The van der Waals surface area contributed by atoms with Crippen LogP contribution in [0.5, 0.6) is 0 Å².